The summed E-state index contributed by atoms with van der Waals surface area (Å²) >= 11 is 0. The molecule has 2 N–H and O–H groups in total. The Morgan fingerprint density at radius 1 is 1.22 bits per heavy atom. The molecule has 0 bridgehead atoms. The molecule has 3 rings (SSSR count). The Hall–Kier alpha value is -1.81. The van der Waals surface area contributed by atoms with Gasteiger partial charge in [-0.3, -0.25) is 4.79 Å². The second kappa shape index (κ2) is 7.18. The second-order valence-corrected chi connectivity index (χ2v) is 6.95. The highest BCUT2D eigenvalue weighted by Gasteiger charge is 2.22. The minimum absolute atomic E-state index is 0.0502. The van der Waals surface area contributed by atoms with Crippen molar-refractivity contribution in [3.63, 3.8) is 0 Å². The zero-order chi connectivity index (χ0) is 16.2. The molecule has 0 unspecified atom stereocenters. The van der Waals surface area contributed by atoms with Crippen LogP contribution in [0, 0.1) is 5.92 Å². The van der Waals surface area contributed by atoms with Crippen LogP contribution in [0.4, 0.5) is 0 Å². The Morgan fingerprint density at radius 3 is 2.74 bits per heavy atom. The summed E-state index contributed by atoms with van der Waals surface area (Å²) in [7, 11) is 0. The first-order valence-corrected chi connectivity index (χ1v) is 8.63. The molecule has 1 aromatic carbocycles. The molecule has 1 aromatic heterocycles. The van der Waals surface area contributed by atoms with E-state index >= 15 is 0 Å². The highest BCUT2D eigenvalue weighted by atomic mass is 16.5. The number of H-pyrrole nitrogens is 1. The van der Waals surface area contributed by atoms with Crippen LogP contribution in [-0.2, 0) is 0 Å². The topological polar surface area (TPSA) is 54.1 Å². The van der Waals surface area contributed by atoms with Crippen molar-refractivity contribution in [2.24, 2.45) is 5.92 Å². The van der Waals surface area contributed by atoms with Crippen LogP contribution in [0.3, 0.4) is 0 Å². The van der Waals surface area contributed by atoms with Gasteiger partial charge in [0.15, 0.2) is 0 Å². The molecule has 1 aliphatic rings. The van der Waals surface area contributed by atoms with Crippen molar-refractivity contribution in [1.29, 1.82) is 0 Å². The van der Waals surface area contributed by atoms with E-state index in [9.17, 15) is 4.79 Å². The van der Waals surface area contributed by atoms with Crippen LogP contribution < -0.4 is 15.6 Å². The predicted molar refractivity (Wildman–Crippen MR) is 94.1 cm³/mol. The number of aromatic amines is 1. The quantitative estimate of drug-likeness (QED) is 0.888. The zero-order valence-electron chi connectivity index (χ0n) is 14.0. The van der Waals surface area contributed by atoms with Crippen molar-refractivity contribution >= 4 is 10.8 Å². The van der Waals surface area contributed by atoms with E-state index in [0.29, 0.717) is 17.3 Å². The number of pyridine rings is 1. The van der Waals surface area contributed by atoms with Gasteiger partial charge < -0.3 is 15.0 Å². The number of benzene rings is 1. The SMILES string of the molecule is CC(C)CNC1CCC(Oc2ccc3c(=O)[nH]ccc3c2)CC1. The molecule has 1 saturated carbocycles. The number of rotatable bonds is 5. The van der Waals surface area contributed by atoms with E-state index in [1.165, 1.54) is 12.8 Å². The molecule has 0 radical (unpaired) electrons. The number of hydrogen-bond acceptors (Lipinski definition) is 3. The van der Waals surface area contributed by atoms with E-state index in [4.69, 9.17) is 4.74 Å². The number of fused-ring (bicyclic) bond motifs is 1. The third kappa shape index (κ3) is 4.14. The first kappa shape index (κ1) is 16.1. The molecule has 4 heteroatoms. The molecular weight excluding hydrogens is 288 g/mol. The van der Waals surface area contributed by atoms with Gasteiger partial charge in [0.2, 0.25) is 0 Å². The molecule has 1 heterocycles. The Balaban J connectivity index is 1.57. The van der Waals surface area contributed by atoms with Crippen molar-refractivity contribution < 1.29 is 4.74 Å². The van der Waals surface area contributed by atoms with Gasteiger partial charge in [0.1, 0.15) is 5.75 Å². The van der Waals surface area contributed by atoms with Crippen LogP contribution in [-0.4, -0.2) is 23.7 Å². The molecule has 4 nitrogen and oxygen atoms in total. The summed E-state index contributed by atoms with van der Waals surface area (Å²) in [5.74, 6) is 1.56. The van der Waals surface area contributed by atoms with Gasteiger partial charge in [-0.2, -0.15) is 0 Å². The fraction of sp³-hybridized carbons (Fsp3) is 0.526. The number of ether oxygens (including phenoxy) is 1. The molecule has 1 aliphatic carbocycles. The Labute approximate surface area is 137 Å². The van der Waals surface area contributed by atoms with Gasteiger partial charge >= 0.3 is 0 Å². The van der Waals surface area contributed by atoms with E-state index in [1.807, 2.05) is 24.3 Å². The van der Waals surface area contributed by atoms with E-state index in [1.54, 1.807) is 6.20 Å². The van der Waals surface area contributed by atoms with Gasteiger partial charge in [-0.25, -0.2) is 0 Å². The number of aromatic nitrogens is 1. The summed E-state index contributed by atoms with van der Waals surface area (Å²) in [6.07, 6.45) is 6.48. The average Bonchev–Trinajstić information content (AvgIpc) is 2.54. The molecule has 0 atom stereocenters. The van der Waals surface area contributed by atoms with Crippen LogP contribution >= 0.6 is 0 Å². The molecule has 1 fully saturated rings. The number of nitrogens with one attached hydrogen (secondary N) is 2. The van der Waals surface area contributed by atoms with Crippen LogP contribution in [0.15, 0.2) is 35.3 Å². The third-order valence-corrected chi connectivity index (χ3v) is 4.54. The lowest BCUT2D eigenvalue weighted by Gasteiger charge is -2.30. The Morgan fingerprint density at radius 2 is 2.00 bits per heavy atom. The molecule has 0 saturated heterocycles. The standard InChI is InChI=1S/C19H26N2O2/c1-13(2)12-21-15-3-5-16(6-4-15)23-17-7-8-18-14(11-17)9-10-20-19(18)22/h7-11,13,15-16,21H,3-6,12H2,1-2H3,(H,20,22). The predicted octanol–water partition coefficient (Wildman–Crippen LogP) is 3.46. The monoisotopic (exact) mass is 314 g/mol. The van der Waals surface area contributed by atoms with E-state index in [0.717, 1.165) is 30.5 Å². The van der Waals surface area contributed by atoms with Gasteiger partial charge in [-0.15, -0.1) is 0 Å². The first-order chi connectivity index (χ1) is 11.1. The van der Waals surface area contributed by atoms with Crippen molar-refractivity contribution in [2.45, 2.75) is 51.7 Å². The highest BCUT2D eigenvalue weighted by molar-refractivity contribution is 5.82. The van der Waals surface area contributed by atoms with Gasteiger partial charge in [0.25, 0.3) is 5.56 Å². The van der Waals surface area contributed by atoms with E-state index in [-0.39, 0.29) is 11.7 Å². The molecule has 0 aliphatic heterocycles. The summed E-state index contributed by atoms with van der Waals surface area (Å²) in [5.41, 5.74) is -0.0502. The fourth-order valence-corrected chi connectivity index (χ4v) is 3.22. The normalized spacial score (nSPS) is 21.7. The fourth-order valence-electron chi connectivity index (χ4n) is 3.22. The largest absolute Gasteiger partial charge is 0.490 e. The van der Waals surface area contributed by atoms with Gasteiger partial charge in [-0.1, -0.05) is 13.8 Å². The van der Waals surface area contributed by atoms with Crippen LogP contribution in [0.5, 0.6) is 5.75 Å². The lowest BCUT2D eigenvalue weighted by molar-refractivity contribution is 0.139. The first-order valence-electron chi connectivity index (χ1n) is 8.63. The summed E-state index contributed by atoms with van der Waals surface area (Å²) in [5, 5.41) is 5.28. The van der Waals surface area contributed by atoms with Crippen molar-refractivity contribution in [3.05, 3.63) is 40.8 Å². The maximum Gasteiger partial charge on any atom is 0.255 e. The summed E-state index contributed by atoms with van der Waals surface area (Å²) < 4.78 is 6.14. The lowest BCUT2D eigenvalue weighted by atomic mass is 9.92. The van der Waals surface area contributed by atoms with Gasteiger partial charge in [-0.05, 0) is 67.8 Å². The smallest absolute Gasteiger partial charge is 0.255 e. The Kier molecular flexibility index (Phi) is 5.01. The third-order valence-electron chi connectivity index (χ3n) is 4.54. The highest BCUT2D eigenvalue weighted by Crippen LogP contribution is 2.25. The number of hydrogen-bond donors (Lipinski definition) is 2. The molecule has 2 aromatic rings. The summed E-state index contributed by atoms with van der Waals surface area (Å²) in [6.45, 7) is 5.58. The van der Waals surface area contributed by atoms with Crippen LogP contribution in [0.25, 0.3) is 10.8 Å². The molecule has 23 heavy (non-hydrogen) atoms. The molecular formula is C19H26N2O2. The Bertz CT molecular complexity index is 700. The van der Waals surface area contributed by atoms with Gasteiger partial charge in [0, 0.05) is 17.6 Å². The molecule has 124 valence electrons. The van der Waals surface area contributed by atoms with Crippen molar-refractivity contribution in [2.75, 3.05) is 6.54 Å². The maximum absolute atomic E-state index is 11.7. The maximum atomic E-state index is 11.7. The van der Waals surface area contributed by atoms with E-state index in [2.05, 4.69) is 24.1 Å². The zero-order valence-corrected chi connectivity index (χ0v) is 14.0. The lowest BCUT2D eigenvalue weighted by Crippen LogP contribution is -2.37. The minimum Gasteiger partial charge on any atom is -0.490 e. The van der Waals surface area contributed by atoms with Crippen LogP contribution in [0.1, 0.15) is 39.5 Å². The molecule has 0 amide bonds. The van der Waals surface area contributed by atoms with Gasteiger partial charge in [0.05, 0.1) is 6.10 Å². The van der Waals surface area contributed by atoms with Crippen molar-refractivity contribution in [3.8, 4) is 5.75 Å². The second-order valence-electron chi connectivity index (χ2n) is 6.95. The van der Waals surface area contributed by atoms with Crippen molar-refractivity contribution in [1.82, 2.24) is 10.3 Å². The van der Waals surface area contributed by atoms with E-state index < -0.39 is 0 Å². The average molecular weight is 314 g/mol. The molecule has 0 spiro atoms. The summed E-state index contributed by atoms with van der Waals surface area (Å²) in [4.78, 5) is 14.4. The van der Waals surface area contributed by atoms with Crippen LogP contribution in [0.2, 0.25) is 0 Å². The summed E-state index contributed by atoms with van der Waals surface area (Å²) in [6, 6.07) is 8.26. The minimum atomic E-state index is -0.0502.